The van der Waals surface area contributed by atoms with Crippen LogP contribution in [0.2, 0.25) is 0 Å². The second-order valence-electron chi connectivity index (χ2n) is 5.79. The number of carboxylic acid groups (broad SMARTS) is 2. The second kappa shape index (κ2) is 13.2. The lowest BCUT2D eigenvalue weighted by Crippen LogP contribution is -2.21. The van der Waals surface area contributed by atoms with Crippen LogP contribution < -0.4 is 10.1 Å². The average molecular weight is 355 g/mol. The van der Waals surface area contributed by atoms with Crippen molar-refractivity contribution >= 4 is 11.9 Å². The minimum absolute atomic E-state index is 0.540. The normalized spacial score (nSPS) is 10.1. The molecule has 0 saturated carbocycles. The molecule has 0 unspecified atom stereocenters. The third-order valence-corrected chi connectivity index (χ3v) is 3.17. The van der Waals surface area contributed by atoms with E-state index in [4.69, 9.17) is 29.3 Å². The van der Waals surface area contributed by atoms with Crippen LogP contribution in [0.1, 0.15) is 37.3 Å². The molecule has 1 aromatic carbocycles. The van der Waals surface area contributed by atoms with E-state index in [0.29, 0.717) is 5.92 Å². The van der Waals surface area contributed by atoms with Crippen LogP contribution in [0.5, 0.6) is 5.75 Å². The van der Waals surface area contributed by atoms with Crippen molar-refractivity contribution < 1.29 is 29.3 Å². The minimum atomic E-state index is -1.82. The molecule has 25 heavy (non-hydrogen) atoms. The van der Waals surface area contributed by atoms with E-state index in [2.05, 4.69) is 44.3 Å². The summed E-state index contributed by atoms with van der Waals surface area (Å²) in [5.41, 5.74) is 2.60. The van der Waals surface area contributed by atoms with Gasteiger partial charge < -0.3 is 25.0 Å². The summed E-state index contributed by atoms with van der Waals surface area (Å²) in [6.07, 6.45) is 1.01. The molecule has 0 bridgehead atoms. The highest BCUT2D eigenvalue weighted by atomic mass is 16.5. The highest BCUT2D eigenvalue weighted by molar-refractivity contribution is 6.27. The first-order chi connectivity index (χ1) is 11.8. The average Bonchev–Trinajstić information content (AvgIpc) is 2.54. The molecule has 0 spiro atoms. The fourth-order valence-electron chi connectivity index (χ4n) is 1.88. The Balaban J connectivity index is 0.000000823. The molecule has 0 aliphatic heterocycles. The first kappa shape index (κ1) is 22.9. The lowest BCUT2D eigenvalue weighted by atomic mass is 10.0. The molecule has 7 nitrogen and oxygen atoms in total. The third kappa shape index (κ3) is 12.0. The Hall–Kier alpha value is -2.12. The summed E-state index contributed by atoms with van der Waals surface area (Å²) in [6.45, 7) is 9.91. The predicted molar refractivity (Wildman–Crippen MR) is 95.4 cm³/mol. The zero-order valence-electron chi connectivity index (χ0n) is 15.4. The minimum Gasteiger partial charge on any atom is -0.494 e. The van der Waals surface area contributed by atoms with E-state index in [0.717, 1.165) is 38.5 Å². The van der Waals surface area contributed by atoms with Crippen molar-refractivity contribution in [1.29, 1.82) is 0 Å². The number of hydrogen-bond acceptors (Lipinski definition) is 5. The van der Waals surface area contributed by atoms with Gasteiger partial charge in [-0.3, -0.25) is 0 Å². The molecular formula is C18H29NO6. The fourth-order valence-corrected chi connectivity index (χ4v) is 1.88. The molecule has 7 heteroatoms. The quantitative estimate of drug-likeness (QED) is 0.461. The standard InChI is InChI=1S/C16H27NO2.C2H2O4/c1-13(2)15-10-14(3)11-16(12-15)19-8-5-6-17-7-9-18-4;3-1(4)2(5)6/h10-13,17H,5-9H2,1-4H3;(H,3,4)(H,5,6). The number of carboxylic acids is 2. The van der Waals surface area contributed by atoms with Crippen molar-refractivity contribution in [2.45, 2.75) is 33.1 Å². The number of benzene rings is 1. The van der Waals surface area contributed by atoms with Crippen molar-refractivity contribution in [3.8, 4) is 5.75 Å². The lowest BCUT2D eigenvalue weighted by molar-refractivity contribution is -0.159. The van der Waals surface area contributed by atoms with E-state index >= 15 is 0 Å². The van der Waals surface area contributed by atoms with Gasteiger partial charge in [0.1, 0.15) is 5.75 Å². The second-order valence-corrected chi connectivity index (χ2v) is 5.79. The molecule has 1 rings (SSSR count). The first-order valence-corrected chi connectivity index (χ1v) is 8.18. The van der Waals surface area contributed by atoms with Gasteiger partial charge in [0, 0.05) is 13.7 Å². The molecule has 1 aromatic rings. The molecule has 3 N–H and O–H groups in total. The topological polar surface area (TPSA) is 105 Å². The Labute approximate surface area is 149 Å². The van der Waals surface area contributed by atoms with E-state index < -0.39 is 11.9 Å². The number of aliphatic carboxylic acids is 2. The van der Waals surface area contributed by atoms with Gasteiger partial charge in [0.2, 0.25) is 0 Å². The van der Waals surface area contributed by atoms with Crippen LogP contribution in [0.15, 0.2) is 18.2 Å². The van der Waals surface area contributed by atoms with Gasteiger partial charge in [-0.05, 0) is 49.1 Å². The highest BCUT2D eigenvalue weighted by Crippen LogP contribution is 2.22. The molecule has 142 valence electrons. The SMILES string of the molecule is COCCNCCCOc1cc(C)cc(C(C)C)c1.O=C(O)C(=O)O. The van der Waals surface area contributed by atoms with Crippen LogP contribution in [0.3, 0.4) is 0 Å². The predicted octanol–water partition coefficient (Wildman–Crippen LogP) is 2.28. The number of rotatable bonds is 9. The molecule has 0 aromatic heterocycles. The number of nitrogens with one attached hydrogen (secondary N) is 1. The first-order valence-electron chi connectivity index (χ1n) is 8.18. The lowest BCUT2D eigenvalue weighted by Gasteiger charge is -2.12. The molecule has 0 atom stereocenters. The van der Waals surface area contributed by atoms with Gasteiger partial charge in [0.15, 0.2) is 0 Å². The monoisotopic (exact) mass is 355 g/mol. The summed E-state index contributed by atoms with van der Waals surface area (Å²) in [5, 5.41) is 18.1. The summed E-state index contributed by atoms with van der Waals surface area (Å²) in [5.74, 6) is -2.12. The van der Waals surface area contributed by atoms with Crippen LogP contribution in [0.25, 0.3) is 0 Å². The van der Waals surface area contributed by atoms with Gasteiger partial charge in [0.05, 0.1) is 13.2 Å². The van der Waals surface area contributed by atoms with Crippen LogP contribution in [0, 0.1) is 6.92 Å². The summed E-state index contributed by atoms with van der Waals surface area (Å²) in [6, 6.07) is 6.48. The molecule has 0 radical (unpaired) electrons. The van der Waals surface area contributed by atoms with E-state index in [1.54, 1.807) is 7.11 Å². The smallest absolute Gasteiger partial charge is 0.414 e. The Kier molecular flexibility index (Phi) is 12.1. The van der Waals surface area contributed by atoms with Gasteiger partial charge in [0.25, 0.3) is 0 Å². The maximum absolute atomic E-state index is 9.10. The summed E-state index contributed by atoms with van der Waals surface area (Å²) in [7, 11) is 1.72. The van der Waals surface area contributed by atoms with Gasteiger partial charge >= 0.3 is 11.9 Å². The van der Waals surface area contributed by atoms with Gasteiger partial charge in [-0.2, -0.15) is 0 Å². The molecule has 0 aliphatic rings. The third-order valence-electron chi connectivity index (χ3n) is 3.17. The Morgan fingerprint density at radius 3 is 2.24 bits per heavy atom. The molecule has 0 aliphatic carbocycles. The van der Waals surface area contributed by atoms with Gasteiger partial charge in [-0.15, -0.1) is 0 Å². The summed E-state index contributed by atoms with van der Waals surface area (Å²) < 4.78 is 10.8. The van der Waals surface area contributed by atoms with Crippen molar-refractivity contribution in [2.75, 3.05) is 33.4 Å². The van der Waals surface area contributed by atoms with Crippen molar-refractivity contribution in [1.82, 2.24) is 5.32 Å². The maximum atomic E-state index is 9.10. The number of hydrogen-bond donors (Lipinski definition) is 3. The van der Waals surface area contributed by atoms with Crippen LogP contribution >= 0.6 is 0 Å². The van der Waals surface area contributed by atoms with Crippen LogP contribution in [-0.2, 0) is 14.3 Å². The van der Waals surface area contributed by atoms with Crippen molar-refractivity contribution in [2.24, 2.45) is 0 Å². The largest absolute Gasteiger partial charge is 0.494 e. The zero-order valence-corrected chi connectivity index (χ0v) is 15.4. The number of carbonyl (C=O) groups is 2. The zero-order chi connectivity index (χ0) is 19.2. The van der Waals surface area contributed by atoms with E-state index in [-0.39, 0.29) is 0 Å². The molecule has 0 amide bonds. The van der Waals surface area contributed by atoms with Gasteiger partial charge in [-0.1, -0.05) is 19.9 Å². The maximum Gasteiger partial charge on any atom is 0.414 e. The molecule has 0 saturated heterocycles. The van der Waals surface area contributed by atoms with Crippen molar-refractivity contribution in [3.63, 3.8) is 0 Å². The number of aryl methyl sites for hydroxylation is 1. The molecule has 0 heterocycles. The molecule has 0 fully saturated rings. The van der Waals surface area contributed by atoms with Crippen molar-refractivity contribution in [3.05, 3.63) is 29.3 Å². The molecular weight excluding hydrogens is 326 g/mol. The van der Waals surface area contributed by atoms with E-state index in [1.165, 1.54) is 11.1 Å². The van der Waals surface area contributed by atoms with E-state index in [1.807, 2.05) is 0 Å². The fraction of sp³-hybridized carbons (Fsp3) is 0.556. The highest BCUT2D eigenvalue weighted by Gasteiger charge is 2.04. The number of methoxy groups -OCH3 is 1. The van der Waals surface area contributed by atoms with Crippen LogP contribution in [0.4, 0.5) is 0 Å². The Bertz CT molecular complexity index is 518. The van der Waals surface area contributed by atoms with E-state index in [9.17, 15) is 0 Å². The Morgan fingerprint density at radius 1 is 1.08 bits per heavy atom. The number of ether oxygens (including phenoxy) is 2. The van der Waals surface area contributed by atoms with Gasteiger partial charge in [-0.25, -0.2) is 9.59 Å². The van der Waals surface area contributed by atoms with Crippen LogP contribution in [-0.4, -0.2) is 55.6 Å². The Morgan fingerprint density at radius 2 is 1.72 bits per heavy atom. The summed E-state index contributed by atoms with van der Waals surface area (Å²) >= 11 is 0. The summed E-state index contributed by atoms with van der Waals surface area (Å²) in [4.78, 5) is 18.2.